The van der Waals surface area contributed by atoms with E-state index in [1.807, 2.05) is 25.1 Å². The van der Waals surface area contributed by atoms with Crippen molar-refractivity contribution >= 4 is 5.91 Å². The van der Waals surface area contributed by atoms with E-state index in [0.717, 1.165) is 42.9 Å². The summed E-state index contributed by atoms with van der Waals surface area (Å²) in [6.45, 7) is 7.46. The maximum Gasteiger partial charge on any atom is 0.224 e. The van der Waals surface area contributed by atoms with Crippen LogP contribution >= 0.6 is 0 Å². The van der Waals surface area contributed by atoms with Crippen LogP contribution in [0.3, 0.4) is 0 Å². The molecular formula is C18H28N2O2. The molecule has 2 rings (SSSR count). The van der Waals surface area contributed by atoms with Crippen LogP contribution in [0.1, 0.15) is 37.3 Å². The molecule has 1 amide bonds. The normalized spacial score (nSPS) is 16.5. The lowest BCUT2D eigenvalue weighted by atomic mass is 10.1. The van der Waals surface area contributed by atoms with Crippen LogP contribution in [0.4, 0.5) is 0 Å². The SMILES string of the molecule is CCC(CN1CCCC1)NC(=O)Cc1cc(C)ccc1OC. The Morgan fingerprint density at radius 3 is 2.73 bits per heavy atom. The molecule has 1 heterocycles. The van der Waals surface area contributed by atoms with Gasteiger partial charge in [0, 0.05) is 18.2 Å². The van der Waals surface area contributed by atoms with Gasteiger partial charge >= 0.3 is 0 Å². The number of aryl methyl sites for hydroxylation is 1. The molecule has 0 saturated carbocycles. The summed E-state index contributed by atoms with van der Waals surface area (Å²) < 4.78 is 5.35. The van der Waals surface area contributed by atoms with Crippen LogP contribution in [0.2, 0.25) is 0 Å². The van der Waals surface area contributed by atoms with Crippen molar-refractivity contribution in [1.29, 1.82) is 0 Å². The van der Waals surface area contributed by atoms with Crippen molar-refractivity contribution in [2.45, 2.75) is 45.6 Å². The molecule has 1 unspecified atom stereocenters. The van der Waals surface area contributed by atoms with E-state index in [2.05, 4.69) is 17.1 Å². The lowest BCUT2D eigenvalue weighted by molar-refractivity contribution is -0.121. The zero-order valence-electron chi connectivity index (χ0n) is 14.0. The maximum atomic E-state index is 12.3. The van der Waals surface area contributed by atoms with Gasteiger partial charge in [-0.15, -0.1) is 0 Å². The molecule has 1 aromatic rings. The van der Waals surface area contributed by atoms with Crippen molar-refractivity contribution in [1.82, 2.24) is 10.2 Å². The third-order valence-corrected chi connectivity index (χ3v) is 4.32. The smallest absolute Gasteiger partial charge is 0.224 e. The number of nitrogens with one attached hydrogen (secondary N) is 1. The van der Waals surface area contributed by atoms with Crippen molar-refractivity contribution in [2.75, 3.05) is 26.7 Å². The molecule has 4 heteroatoms. The van der Waals surface area contributed by atoms with Crippen LogP contribution in [-0.4, -0.2) is 43.6 Å². The second-order valence-electron chi connectivity index (χ2n) is 6.17. The number of rotatable bonds is 7. The minimum Gasteiger partial charge on any atom is -0.496 e. The molecule has 1 aromatic carbocycles. The van der Waals surface area contributed by atoms with E-state index in [9.17, 15) is 4.79 Å². The van der Waals surface area contributed by atoms with Gasteiger partial charge in [0.1, 0.15) is 5.75 Å². The molecule has 1 atom stereocenters. The Bertz CT molecular complexity index is 496. The summed E-state index contributed by atoms with van der Waals surface area (Å²) in [6, 6.07) is 6.20. The van der Waals surface area contributed by atoms with Crippen LogP contribution in [-0.2, 0) is 11.2 Å². The highest BCUT2D eigenvalue weighted by molar-refractivity contribution is 5.79. The predicted molar refractivity (Wildman–Crippen MR) is 89.3 cm³/mol. The number of nitrogens with zero attached hydrogens (tertiary/aromatic N) is 1. The number of carbonyl (C=O) groups excluding carboxylic acids is 1. The molecule has 1 fully saturated rings. The Hall–Kier alpha value is -1.55. The molecule has 1 saturated heterocycles. The number of hydrogen-bond acceptors (Lipinski definition) is 3. The molecule has 1 aliphatic heterocycles. The summed E-state index contributed by atoms with van der Waals surface area (Å²) in [5.74, 6) is 0.864. The van der Waals surface area contributed by atoms with Crippen LogP contribution < -0.4 is 10.1 Å². The van der Waals surface area contributed by atoms with Crippen LogP contribution in [0, 0.1) is 6.92 Å². The van der Waals surface area contributed by atoms with E-state index in [-0.39, 0.29) is 11.9 Å². The van der Waals surface area contributed by atoms with Gasteiger partial charge in [-0.3, -0.25) is 4.79 Å². The zero-order chi connectivity index (χ0) is 15.9. The largest absolute Gasteiger partial charge is 0.496 e. The fraction of sp³-hybridized carbons (Fsp3) is 0.611. The molecule has 0 spiro atoms. The lowest BCUT2D eigenvalue weighted by Gasteiger charge is -2.23. The highest BCUT2D eigenvalue weighted by Crippen LogP contribution is 2.20. The second-order valence-corrected chi connectivity index (χ2v) is 6.17. The van der Waals surface area contributed by atoms with E-state index in [1.165, 1.54) is 12.8 Å². The standard InChI is InChI=1S/C18H28N2O2/c1-4-16(13-20-9-5-6-10-20)19-18(21)12-15-11-14(2)7-8-17(15)22-3/h7-8,11,16H,4-6,9-10,12-13H2,1-3H3,(H,19,21). The van der Waals surface area contributed by atoms with E-state index in [1.54, 1.807) is 7.11 Å². The van der Waals surface area contributed by atoms with Crippen LogP contribution in [0.5, 0.6) is 5.75 Å². The Labute approximate surface area is 133 Å². The Balaban J connectivity index is 1.91. The van der Waals surface area contributed by atoms with Gasteiger partial charge in [-0.2, -0.15) is 0 Å². The Kier molecular flexibility index (Phi) is 6.25. The molecule has 0 aliphatic carbocycles. The average molecular weight is 304 g/mol. The van der Waals surface area contributed by atoms with Gasteiger partial charge in [0.2, 0.25) is 5.91 Å². The van der Waals surface area contributed by atoms with Crippen molar-refractivity contribution in [3.05, 3.63) is 29.3 Å². The average Bonchev–Trinajstić information content (AvgIpc) is 2.99. The summed E-state index contributed by atoms with van der Waals surface area (Å²) in [7, 11) is 1.65. The highest BCUT2D eigenvalue weighted by atomic mass is 16.5. The number of likely N-dealkylation sites (tertiary alicyclic amines) is 1. The maximum absolute atomic E-state index is 12.3. The molecule has 22 heavy (non-hydrogen) atoms. The first kappa shape index (κ1) is 16.8. The number of methoxy groups -OCH3 is 1. The van der Waals surface area contributed by atoms with E-state index in [4.69, 9.17) is 4.74 Å². The van der Waals surface area contributed by atoms with E-state index >= 15 is 0 Å². The first-order valence-corrected chi connectivity index (χ1v) is 8.27. The van der Waals surface area contributed by atoms with Gasteiger partial charge in [0.05, 0.1) is 13.5 Å². The predicted octanol–water partition coefficient (Wildman–Crippen LogP) is 2.54. The molecule has 1 N–H and O–H groups in total. The minimum absolute atomic E-state index is 0.0787. The first-order valence-electron chi connectivity index (χ1n) is 8.27. The zero-order valence-corrected chi connectivity index (χ0v) is 14.0. The number of hydrogen-bond donors (Lipinski definition) is 1. The van der Waals surface area contributed by atoms with Gasteiger partial charge in [-0.25, -0.2) is 0 Å². The fourth-order valence-corrected chi connectivity index (χ4v) is 3.05. The topological polar surface area (TPSA) is 41.6 Å². The number of ether oxygens (including phenoxy) is 1. The van der Waals surface area contributed by atoms with E-state index in [0.29, 0.717) is 6.42 Å². The van der Waals surface area contributed by atoms with E-state index < -0.39 is 0 Å². The quantitative estimate of drug-likeness (QED) is 0.841. The van der Waals surface area contributed by atoms with Crippen molar-refractivity contribution in [3.8, 4) is 5.75 Å². The summed E-state index contributed by atoms with van der Waals surface area (Å²) in [6.07, 6.45) is 3.91. The summed E-state index contributed by atoms with van der Waals surface area (Å²) in [4.78, 5) is 14.8. The van der Waals surface area contributed by atoms with Gasteiger partial charge in [-0.1, -0.05) is 24.6 Å². The second kappa shape index (κ2) is 8.18. The lowest BCUT2D eigenvalue weighted by Crippen LogP contribution is -2.43. The third kappa shape index (κ3) is 4.73. The minimum atomic E-state index is 0.0787. The first-order chi connectivity index (χ1) is 10.6. The number of benzene rings is 1. The Morgan fingerprint density at radius 2 is 2.09 bits per heavy atom. The van der Waals surface area contributed by atoms with Crippen molar-refractivity contribution < 1.29 is 9.53 Å². The number of carbonyl (C=O) groups is 1. The molecule has 4 nitrogen and oxygen atoms in total. The van der Waals surface area contributed by atoms with Crippen molar-refractivity contribution in [2.24, 2.45) is 0 Å². The van der Waals surface area contributed by atoms with Crippen LogP contribution in [0.25, 0.3) is 0 Å². The number of amides is 1. The van der Waals surface area contributed by atoms with Gasteiger partial charge in [0.25, 0.3) is 0 Å². The molecule has 122 valence electrons. The van der Waals surface area contributed by atoms with Gasteiger partial charge < -0.3 is 15.0 Å². The van der Waals surface area contributed by atoms with Crippen LogP contribution in [0.15, 0.2) is 18.2 Å². The summed E-state index contributed by atoms with van der Waals surface area (Å²) >= 11 is 0. The van der Waals surface area contributed by atoms with Gasteiger partial charge in [0.15, 0.2) is 0 Å². The molecule has 0 aromatic heterocycles. The monoisotopic (exact) mass is 304 g/mol. The molecular weight excluding hydrogens is 276 g/mol. The van der Waals surface area contributed by atoms with Gasteiger partial charge in [-0.05, 0) is 45.3 Å². The summed E-state index contributed by atoms with van der Waals surface area (Å²) in [5, 5.41) is 3.18. The summed E-state index contributed by atoms with van der Waals surface area (Å²) in [5.41, 5.74) is 2.10. The third-order valence-electron chi connectivity index (χ3n) is 4.32. The van der Waals surface area contributed by atoms with Crippen molar-refractivity contribution in [3.63, 3.8) is 0 Å². The molecule has 0 radical (unpaired) electrons. The fourth-order valence-electron chi connectivity index (χ4n) is 3.05. The highest BCUT2D eigenvalue weighted by Gasteiger charge is 2.18. The molecule has 0 bridgehead atoms. The Morgan fingerprint density at radius 1 is 1.36 bits per heavy atom. The molecule has 1 aliphatic rings.